The van der Waals surface area contributed by atoms with Gasteiger partial charge in [0, 0.05) is 12.4 Å². The molecule has 0 spiro atoms. The molecule has 5 heteroatoms. The van der Waals surface area contributed by atoms with Gasteiger partial charge in [0.05, 0.1) is 18.9 Å². The lowest BCUT2D eigenvalue weighted by atomic mass is 10.0. The standard InChI is InChI=1S/C19H19N3O2/c23-19(17-9-8-16(24-17)12-22-11-10-20-13-22)21-18(15-6-7-15)14-4-2-1-3-5-14/h1-5,8-11,13,15,18H,6-7,12H2,(H,21,23)/t18-/m0/s1. The second-order valence-corrected chi connectivity index (χ2v) is 6.20. The first kappa shape index (κ1) is 14.8. The molecule has 1 atom stereocenters. The van der Waals surface area contributed by atoms with Crippen molar-refractivity contribution in [3.05, 3.63) is 78.3 Å². The monoisotopic (exact) mass is 321 g/mol. The fraction of sp³-hybridized carbons (Fsp3) is 0.263. The molecule has 24 heavy (non-hydrogen) atoms. The summed E-state index contributed by atoms with van der Waals surface area (Å²) in [6, 6.07) is 13.8. The molecule has 0 saturated heterocycles. The molecule has 5 nitrogen and oxygen atoms in total. The third-order valence-electron chi connectivity index (χ3n) is 4.32. The number of amides is 1. The molecule has 3 aromatic rings. The Hall–Kier alpha value is -2.82. The highest BCUT2D eigenvalue weighted by molar-refractivity contribution is 5.91. The van der Waals surface area contributed by atoms with Crippen molar-refractivity contribution in [2.24, 2.45) is 5.92 Å². The van der Waals surface area contributed by atoms with Crippen LogP contribution >= 0.6 is 0 Å². The Bertz CT molecular complexity index is 804. The number of imidazole rings is 1. The lowest BCUT2D eigenvalue weighted by Crippen LogP contribution is -2.29. The highest BCUT2D eigenvalue weighted by atomic mass is 16.4. The molecule has 1 N–H and O–H groups in total. The summed E-state index contributed by atoms with van der Waals surface area (Å²) in [5.74, 6) is 1.46. The van der Waals surface area contributed by atoms with Crippen LogP contribution < -0.4 is 5.32 Å². The largest absolute Gasteiger partial charge is 0.454 e. The molecule has 122 valence electrons. The predicted molar refractivity (Wildman–Crippen MR) is 89.4 cm³/mol. The van der Waals surface area contributed by atoms with Crippen molar-refractivity contribution < 1.29 is 9.21 Å². The third kappa shape index (κ3) is 3.25. The van der Waals surface area contributed by atoms with E-state index in [0.29, 0.717) is 18.2 Å². The molecule has 1 saturated carbocycles. The van der Waals surface area contributed by atoms with E-state index >= 15 is 0 Å². The van der Waals surface area contributed by atoms with Crippen LogP contribution in [-0.4, -0.2) is 15.5 Å². The smallest absolute Gasteiger partial charge is 0.287 e. The number of benzene rings is 1. The van der Waals surface area contributed by atoms with Crippen LogP contribution in [0.25, 0.3) is 0 Å². The molecule has 1 fully saturated rings. The normalized spacial score (nSPS) is 15.2. The summed E-state index contributed by atoms with van der Waals surface area (Å²) in [5.41, 5.74) is 1.15. The van der Waals surface area contributed by atoms with Crippen LogP contribution in [0, 0.1) is 5.92 Å². The number of furan rings is 1. The Kier molecular flexibility index (Phi) is 3.91. The minimum Gasteiger partial charge on any atom is -0.454 e. The zero-order valence-corrected chi connectivity index (χ0v) is 13.3. The number of carbonyl (C=O) groups is 1. The summed E-state index contributed by atoms with van der Waals surface area (Å²) in [4.78, 5) is 16.6. The molecule has 0 unspecified atom stereocenters. The minimum absolute atomic E-state index is 0.0564. The van der Waals surface area contributed by atoms with Gasteiger partial charge in [-0.25, -0.2) is 4.98 Å². The number of nitrogens with one attached hydrogen (secondary N) is 1. The van der Waals surface area contributed by atoms with Crippen LogP contribution in [0.15, 0.2) is 65.6 Å². The van der Waals surface area contributed by atoms with E-state index < -0.39 is 0 Å². The van der Waals surface area contributed by atoms with Gasteiger partial charge in [0.15, 0.2) is 5.76 Å². The number of hydrogen-bond donors (Lipinski definition) is 1. The Labute approximate surface area is 140 Å². The van der Waals surface area contributed by atoms with Gasteiger partial charge >= 0.3 is 0 Å². The highest BCUT2D eigenvalue weighted by Gasteiger charge is 2.33. The first-order valence-electron chi connectivity index (χ1n) is 8.20. The van der Waals surface area contributed by atoms with Crippen LogP contribution in [0.5, 0.6) is 0 Å². The highest BCUT2D eigenvalue weighted by Crippen LogP contribution is 2.41. The van der Waals surface area contributed by atoms with E-state index in [2.05, 4.69) is 22.4 Å². The van der Waals surface area contributed by atoms with Gasteiger partial charge in [-0.05, 0) is 36.5 Å². The zero-order chi connectivity index (χ0) is 16.4. The van der Waals surface area contributed by atoms with Crippen LogP contribution in [0.2, 0.25) is 0 Å². The van der Waals surface area contributed by atoms with Gasteiger partial charge in [0.1, 0.15) is 5.76 Å². The Balaban J connectivity index is 1.46. The van der Waals surface area contributed by atoms with E-state index in [0.717, 1.165) is 24.2 Å². The maximum absolute atomic E-state index is 12.6. The van der Waals surface area contributed by atoms with E-state index in [-0.39, 0.29) is 11.9 Å². The number of nitrogens with zero attached hydrogens (tertiary/aromatic N) is 2. The van der Waals surface area contributed by atoms with Gasteiger partial charge in [-0.2, -0.15) is 0 Å². The summed E-state index contributed by atoms with van der Waals surface area (Å²) in [6.45, 7) is 0.567. The fourth-order valence-corrected chi connectivity index (χ4v) is 2.92. The zero-order valence-electron chi connectivity index (χ0n) is 13.3. The molecule has 2 aromatic heterocycles. The fourth-order valence-electron chi connectivity index (χ4n) is 2.92. The Morgan fingerprint density at radius 2 is 2.08 bits per heavy atom. The van der Waals surface area contributed by atoms with Crippen LogP contribution in [0.3, 0.4) is 0 Å². The SMILES string of the molecule is O=C(N[C@@H](c1ccccc1)C1CC1)c1ccc(Cn2ccnc2)o1. The van der Waals surface area contributed by atoms with Gasteiger partial charge in [0.25, 0.3) is 5.91 Å². The molecular weight excluding hydrogens is 302 g/mol. The van der Waals surface area contributed by atoms with Crippen molar-refractivity contribution in [1.29, 1.82) is 0 Å². The van der Waals surface area contributed by atoms with Gasteiger partial charge < -0.3 is 14.3 Å². The Morgan fingerprint density at radius 1 is 1.25 bits per heavy atom. The quantitative estimate of drug-likeness (QED) is 0.757. The van der Waals surface area contributed by atoms with Crippen LogP contribution in [-0.2, 0) is 6.54 Å². The molecule has 0 bridgehead atoms. The Morgan fingerprint density at radius 3 is 2.79 bits per heavy atom. The summed E-state index contributed by atoms with van der Waals surface area (Å²) in [7, 11) is 0. The number of aromatic nitrogens is 2. The van der Waals surface area contributed by atoms with Crippen molar-refractivity contribution in [2.45, 2.75) is 25.4 Å². The molecule has 1 aromatic carbocycles. The maximum Gasteiger partial charge on any atom is 0.287 e. The van der Waals surface area contributed by atoms with Gasteiger partial charge in [0.2, 0.25) is 0 Å². The van der Waals surface area contributed by atoms with E-state index in [1.165, 1.54) is 0 Å². The van der Waals surface area contributed by atoms with E-state index in [9.17, 15) is 4.79 Å². The topological polar surface area (TPSA) is 60.1 Å². The van der Waals surface area contributed by atoms with E-state index in [1.54, 1.807) is 18.6 Å². The average Bonchev–Trinajstić information content (AvgIpc) is 3.12. The maximum atomic E-state index is 12.6. The summed E-state index contributed by atoms with van der Waals surface area (Å²) >= 11 is 0. The van der Waals surface area contributed by atoms with Crippen molar-refractivity contribution in [1.82, 2.24) is 14.9 Å². The van der Waals surface area contributed by atoms with E-state index in [1.807, 2.05) is 35.0 Å². The lowest BCUT2D eigenvalue weighted by molar-refractivity contribution is 0.0901. The first-order valence-corrected chi connectivity index (χ1v) is 8.20. The number of carbonyl (C=O) groups excluding carboxylic acids is 1. The van der Waals surface area contributed by atoms with Crippen molar-refractivity contribution >= 4 is 5.91 Å². The first-order chi connectivity index (χ1) is 11.8. The molecule has 0 radical (unpaired) electrons. The average molecular weight is 321 g/mol. The summed E-state index contributed by atoms with van der Waals surface area (Å²) in [5, 5.41) is 3.13. The second-order valence-electron chi connectivity index (χ2n) is 6.20. The molecule has 0 aliphatic heterocycles. The van der Waals surface area contributed by atoms with Gasteiger partial charge in [-0.3, -0.25) is 4.79 Å². The van der Waals surface area contributed by atoms with E-state index in [4.69, 9.17) is 4.42 Å². The number of hydrogen-bond acceptors (Lipinski definition) is 3. The van der Waals surface area contributed by atoms with Crippen LogP contribution in [0.4, 0.5) is 0 Å². The molecule has 1 aliphatic carbocycles. The second kappa shape index (κ2) is 6.35. The summed E-state index contributed by atoms with van der Waals surface area (Å²) < 4.78 is 7.60. The predicted octanol–water partition coefficient (Wildman–Crippen LogP) is 3.41. The molecule has 2 heterocycles. The summed E-state index contributed by atoms with van der Waals surface area (Å²) in [6.07, 6.45) is 7.62. The van der Waals surface area contributed by atoms with Crippen molar-refractivity contribution in [3.8, 4) is 0 Å². The van der Waals surface area contributed by atoms with Gasteiger partial charge in [-0.1, -0.05) is 30.3 Å². The minimum atomic E-state index is -0.160. The molecular formula is C19H19N3O2. The molecule has 1 aliphatic rings. The number of rotatable bonds is 6. The van der Waals surface area contributed by atoms with Crippen molar-refractivity contribution in [2.75, 3.05) is 0 Å². The third-order valence-corrected chi connectivity index (χ3v) is 4.32. The lowest BCUT2D eigenvalue weighted by Gasteiger charge is -2.18. The molecule has 4 rings (SSSR count). The molecule has 1 amide bonds. The van der Waals surface area contributed by atoms with Crippen LogP contribution in [0.1, 0.15) is 40.8 Å². The van der Waals surface area contributed by atoms with Crippen molar-refractivity contribution in [3.63, 3.8) is 0 Å². The van der Waals surface area contributed by atoms with Gasteiger partial charge in [-0.15, -0.1) is 0 Å².